The summed E-state index contributed by atoms with van der Waals surface area (Å²) in [5.41, 5.74) is 3.49. The van der Waals surface area contributed by atoms with Crippen LogP contribution in [0.4, 0.5) is 0 Å². The first-order valence-corrected chi connectivity index (χ1v) is 9.23. The molecule has 2 aliphatic heterocycles. The average Bonchev–Trinajstić information content (AvgIpc) is 3.03. The monoisotopic (exact) mass is 338 g/mol. The zero-order valence-corrected chi connectivity index (χ0v) is 15.0. The number of ether oxygens (including phenoxy) is 1. The molecule has 4 nitrogen and oxygen atoms in total. The first-order valence-electron chi connectivity index (χ1n) is 9.23. The molecule has 3 atom stereocenters. The third-order valence-corrected chi connectivity index (χ3v) is 6.05. The molecule has 0 saturated heterocycles. The summed E-state index contributed by atoms with van der Waals surface area (Å²) in [6.45, 7) is 5.28. The number of carbonyl (C=O) groups excluding carboxylic acids is 1. The van der Waals surface area contributed by atoms with E-state index in [0.29, 0.717) is 0 Å². The number of nitrogens with one attached hydrogen (secondary N) is 1. The Morgan fingerprint density at radius 2 is 2.24 bits per heavy atom. The van der Waals surface area contributed by atoms with E-state index in [-0.39, 0.29) is 17.3 Å². The number of aromatic amines is 1. The number of benzene rings is 1. The van der Waals surface area contributed by atoms with E-state index in [1.54, 1.807) is 0 Å². The van der Waals surface area contributed by atoms with Crippen LogP contribution in [-0.4, -0.2) is 42.6 Å². The molecule has 3 heterocycles. The van der Waals surface area contributed by atoms with Crippen LogP contribution in [-0.2, 0) is 16.0 Å². The standard InChI is InChI=1S/C21H26N2O2/c1-3-21-10-6-11-23(14-21)12-9-16-15-7-4-5-8-18(15)22-19(16)17(13-21)20(24)25-2/h4-8,10,17,22H,3,9,11-14H2,1-2H3. The van der Waals surface area contributed by atoms with Crippen molar-refractivity contribution in [1.82, 2.24) is 9.88 Å². The number of methoxy groups -OCH3 is 1. The Hall–Kier alpha value is -2.07. The summed E-state index contributed by atoms with van der Waals surface area (Å²) >= 11 is 0. The third-order valence-electron chi connectivity index (χ3n) is 6.05. The predicted octanol–water partition coefficient (Wildman–Crippen LogP) is 3.64. The second-order valence-electron chi connectivity index (χ2n) is 7.45. The fourth-order valence-corrected chi connectivity index (χ4v) is 4.60. The van der Waals surface area contributed by atoms with Gasteiger partial charge in [-0.3, -0.25) is 9.69 Å². The van der Waals surface area contributed by atoms with Gasteiger partial charge >= 0.3 is 5.97 Å². The molecule has 1 aromatic carbocycles. The van der Waals surface area contributed by atoms with Crippen LogP contribution in [0.25, 0.3) is 10.9 Å². The zero-order valence-electron chi connectivity index (χ0n) is 15.0. The van der Waals surface area contributed by atoms with Crippen LogP contribution < -0.4 is 0 Å². The number of fused-ring (bicyclic) bond motifs is 5. The molecule has 0 aliphatic carbocycles. The molecule has 25 heavy (non-hydrogen) atoms. The van der Waals surface area contributed by atoms with Gasteiger partial charge in [-0.1, -0.05) is 37.3 Å². The number of nitrogens with zero attached hydrogens (tertiary/aromatic N) is 1. The van der Waals surface area contributed by atoms with Gasteiger partial charge in [-0.2, -0.15) is 0 Å². The summed E-state index contributed by atoms with van der Waals surface area (Å²) in [6, 6.07) is 8.37. The van der Waals surface area contributed by atoms with Gasteiger partial charge in [0.1, 0.15) is 0 Å². The van der Waals surface area contributed by atoms with E-state index in [1.165, 1.54) is 18.1 Å². The lowest BCUT2D eigenvalue weighted by molar-refractivity contribution is -0.143. The van der Waals surface area contributed by atoms with E-state index in [2.05, 4.69) is 47.2 Å². The molecule has 2 aliphatic rings. The maximum absolute atomic E-state index is 12.7. The van der Waals surface area contributed by atoms with E-state index >= 15 is 0 Å². The lowest BCUT2D eigenvalue weighted by Crippen LogP contribution is -2.41. The van der Waals surface area contributed by atoms with Crippen molar-refractivity contribution in [2.45, 2.75) is 32.1 Å². The molecule has 1 N–H and O–H groups in total. The van der Waals surface area contributed by atoms with Crippen LogP contribution >= 0.6 is 0 Å². The topological polar surface area (TPSA) is 45.3 Å². The lowest BCUT2D eigenvalue weighted by Gasteiger charge is -2.39. The second-order valence-corrected chi connectivity index (χ2v) is 7.45. The minimum Gasteiger partial charge on any atom is -0.469 e. The fraction of sp³-hybridized carbons (Fsp3) is 0.476. The van der Waals surface area contributed by atoms with Crippen molar-refractivity contribution in [3.8, 4) is 0 Å². The quantitative estimate of drug-likeness (QED) is 0.672. The smallest absolute Gasteiger partial charge is 0.314 e. The maximum atomic E-state index is 12.7. The van der Waals surface area contributed by atoms with Crippen LogP contribution in [0.2, 0.25) is 0 Å². The van der Waals surface area contributed by atoms with Gasteiger partial charge in [-0.15, -0.1) is 0 Å². The average molecular weight is 338 g/mol. The number of carbonyl (C=O) groups is 1. The van der Waals surface area contributed by atoms with Crippen LogP contribution in [0.1, 0.15) is 36.9 Å². The molecule has 2 aromatic rings. The molecule has 4 heteroatoms. The first kappa shape index (κ1) is 16.4. The fourth-order valence-electron chi connectivity index (χ4n) is 4.60. The summed E-state index contributed by atoms with van der Waals surface area (Å²) in [5.74, 6) is -0.372. The Labute approximate surface area is 148 Å². The molecule has 132 valence electrons. The first-order chi connectivity index (χ1) is 12.2. The molecule has 0 radical (unpaired) electrons. The summed E-state index contributed by atoms with van der Waals surface area (Å²) < 4.78 is 5.21. The number of hydrogen-bond donors (Lipinski definition) is 1. The van der Waals surface area contributed by atoms with Gasteiger partial charge in [-0.05, 0) is 30.9 Å². The van der Waals surface area contributed by atoms with Crippen LogP contribution in [0, 0.1) is 5.41 Å². The number of para-hydroxylation sites is 1. The largest absolute Gasteiger partial charge is 0.469 e. The molecule has 3 unspecified atom stereocenters. The van der Waals surface area contributed by atoms with Crippen molar-refractivity contribution < 1.29 is 9.53 Å². The van der Waals surface area contributed by atoms with E-state index in [4.69, 9.17) is 4.74 Å². The van der Waals surface area contributed by atoms with Crippen LogP contribution in [0.15, 0.2) is 36.4 Å². The van der Waals surface area contributed by atoms with Gasteiger partial charge in [0, 0.05) is 41.6 Å². The van der Waals surface area contributed by atoms with Gasteiger partial charge in [0.05, 0.1) is 13.0 Å². The van der Waals surface area contributed by atoms with E-state index in [1.807, 2.05) is 6.07 Å². The minimum absolute atomic E-state index is 0.0377. The van der Waals surface area contributed by atoms with Crippen molar-refractivity contribution in [1.29, 1.82) is 0 Å². The van der Waals surface area contributed by atoms with Gasteiger partial charge < -0.3 is 9.72 Å². The number of hydrogen-bond acceptors (Lipinski definition) is 3. The Morgan fingerprint density at radius 3 is 3.04 bits per heavy atom. The number of rotatable bonds is 2. The van der Waals surface area contributed by atoms with Crippen LogP contribution in [0.3, 0.4) is 0 Å². The van der Waals surface area contributed by atoms with Crippen molar-refractivity contribution in [2.24, 2.45) is 5.41 Å². The highest BCUT2D eigenvalue weighted by molar-refractivity contribution is 5.88. The summed E-state index contributed by atoms with van der Waals surface area (Å²) in [7, 11) is 1.50. The Bertz CT molecular complexity index is 822. The summed E-state index contributed by atoms with van der Waals surface area (Å²) in [4.78, 5) is 18.8. The SMILES string of the molecule is CCC12C=CCN(CCc3c([nH]c4ccccc34)C(C(=O)OC)C1)C2. The van der Waals surface area contributed by atoms with Crippen molar-refractivity contribution in [3.63, 3.8) is 0 Å². The highest BCUT2D eigenvalue weighted by Crippen LogP contribution is 2.42. The van der Waals surface area contributed by atoms with Crippen LogP contribution in [0.5, 0.6) is 0 Å². The third kappa shape index (κ3) is 2.78. The summed E-state index contributed by atoms with van der Waals surface area (Å²) in [5, 5.41) is 1.24. The second kappa shape index (κ2) is 6.34. The van der Waals surface area contributed by atoms with Gasteiger partial charge in [0.15, 0.2) is 0 Å². The Kier molecular flexibility index (Phi) is 4.16. The molecule has 1 aromatic heterocycles. The molecule has 0 fully saturated rings. The predicted molar refractivity (Wildman–Crippen MR) is 99.7 cm³/mol. The van der Waals surface area contributed by atoms with Crippen molar-refractivity contribution in [2.75, 3.05) is 26.7 Å². The van der Waals surface area contributed by atoms with Gasteiger partial charge in [0.25, 0.3) is 0 Å². The molecular weight excluding hydrogens is 312 g/mol. The number of esters is 1. The zero-order chi connectivity index (χ0) is 17.4. The molecule has 2 bridgehead atoms. The highest BCUT2D eigenvalue weighted by Gasteiger charge is 2.39. The van der Waals surface area contributed by atoms with Crippen molar-refractivity contribution in [3.05, 3.63) is 47.7 Å². The Balaban J connectivity index is 1.88. The minimum atomic E-state index is -0.241. The van der Waals surface area contributed by atoms with Crippen molar-refractivity contribution >= 4 is 16.9 Å². The maximum Gasteiger partial charge on any atom is 0.314 e. The van der Waals surface area contributed by atoms with E-state index in [0.717, 1.165) is 50.1 Å². The van der Waals surface area contributed by atoms with Gasteiger partial charge in [0.2, 0.25) is 0 Å². The number of H-pyrrole nitrogens is 1. The molecule has 0 spiro atoms. The van der Waals surface area contributed by atoms with E-state index < -0.39 is 0 Å². The highest BCUT2D eigenvalue weighted by atomic mass is 16.5. The number of aromatic nitrogens is 1. The molecule has 0 amide bonds. The Morgan fingerprint density at radius 1 is 1.40 bits per heavy atom. The van der Waals surface area contributed by atoms with E-state index in [9.17, 15) is 4.79 Å². The lowest BCUT2D eigenvalue weighted by atomic mass is 9.74. The molecule has 0 saturated carbocycles. The summed E-state index contributed by atoms with van der Waals surface area (Å²) in [6.07, 6.45) is 7.40. The van der Waals surface area contributed by atoms with Gasteiger partial charge in [-0.25, -0.2) is 0 Å². The molecule has 4 rings (SSSR count). The normalized spacial score (nSPS) is 28.7. The molecular formula is C21H26N2O2.